The number of ether oxygens (including phenoxy) is 2. The van der Waals surface area contributed by atoms with E-state index in [2.05, 4.69) is 6.92 Å². The van der Waals surface area contributed by atoms with Crippen LogP contribution in [0.1, 0.15) is 60.8 Å². The Morgan fingerprint density at radius 2 is 1.68 bits per heavy atom. The Labute approximate surface area is 116 Å². The first-order valence-electron chi connectivity index (χ1n) is 7.12. The topological polar surface area (TPSA) is 52.6 Å². The van der Waals surface area contributed by atoms with Crippen molar-refractivity contribution in [3.63, 3.8) is 0 Å². The molecule has 0 aromatic rings. The second kappa shape index (κ2) is 8.18. The average Bonchev–Trinajstić information content (AvgIpc) is 2.27. The molecule has 4 nitrogen and oxygen atoms in total. The first-order valence-corrected chi connectivity index (χ1v) is 7.12. The number of esters is 2. The van der Waals surface area contributed by atoms with Gasteiger partial charge in [-0.25, -0.2) is 0 Å². The van der Waals surface area contributed by atoms with Gasteiger partial charge in [0.2, 0.25) is 0 Å². The summed E-state index contributed by atoms with van der Waals surface area (Å²) in [6.07, 6.45) is 2.54. The van der Waals surface area contributed by atoms with Crippen molar-refractivity contribution >= 4 is 11.9 Å². The summed E-state index contributed by atoms with van der Waals surface area (Å²) in [5, 5.41) is 0. The van der Waals surface area contributed by atoms with Crippen molar-refractivity contribution in [2.75, 3.05) is 6.61 Å². The maximum Gasteiger partial charge on any atom is 0.310 e. The lowest BCUT2D eigenvalue weighted by Crippen LogP contribution is -2.34. The number of hydrogen-bond acceptors (Lipinski definition) is 4. The molecular weight excluding hydrogens is 244 g/mol. The van der Waals surface area contributed by atoms with E-state index in [1.807, 2.05) is 20.8 Å². The van der Waals surface area contributed by atoms with E-state index in [1.54, 1.807) is 13.8 Å². The van der Waals surface area contributed by atoms with Crippen LogP contribution in [0.4, 0.5) is 0 Å². The predicted molar refractivity (Wildman–Crippen MR) is 74.7 cm³/mol. The Balaban J connectivity index is 4.73. The molecule has 0 bridgehead atoms. The van der Waals surface area contributed by atoms with Crippen LogP contribution in [-0.2, 0) is 19.1 Å². The zero-order valence-corrected chi connectivity index (χ0v) is 13.1. The van der Waals surface area contributed by atoms with E-state index in [1.165, 1.54) is 0 Å². The van der Waals surface area contributed by atoms with Gasteiger partial charge >= 0.3 is 11.9 Å². The maximum atomic E-state index is 12.0. The fourth-order valence-corrected chi connectivity index (χ4v) is 1.80. The highest BCUT2D eigenvalue weighted by Crippen LogP contribution is 2.23. The summed E-state index contributed by atoms with van der Waals surface area (Å²) in [5.41, 5.74) is -0.532. The number of rotatable bonds is 7. The molecule has 0 heterocycles. The van der Waals surface area contributed by atoms with Gasteiger partial charge in [0.1, 0.15) is 5.60 Å². The van der Waals surface area contributed by atoms with Crippen LogP contribution in [0.2, 0.25) is 0 Å². The highest BCUT2D eigenvalue weighted by Gasteiger charge is 2.33. The molecule has 0 spiro atoms. The van der Waals surface area contributed by atoms with Gasteiger partial charge in [-0.2, -0.15) is 0 Å². The van der Waals surface area contributed by atoms with E-state index < -0.39 is 17.4 Å². The zero-order valence-electron chi connectivity index (χ0n) is 13.1. The molecular formula is C15H28O4. The monoisotopic (exact) mass is 272 g/mol. The van der Waals surface area contributed by atoms with Crippen LogP contribution in [-0.4, -0.2) is 24.1 Å². The van der Waals surface area contributed by atoms with E-state index in [-0.39, 0.29) is 11.9 Å². The normalized spacial score (nSPS) is 14.6. The number of carbonyl (C=O) groups excluding carboxylic acids is 2. The van der Waals surface area contributed by atoms with Crippen molar-refractivity contribution in [3.8, 4) is 0 Å². The summed E-state index contributed by atoms with van der Waals surface area (Å²) in [6.45, 7) is 11.4. The third-order valence-electron chi connectivity index (χ3n) is 2.84. The van der Waals surface area contributed by atoms with Gasteiger partial charge in [0.15, 0.2) is 0 Å². The standard InChI is InChI=1S/C15H28O4/c1-7-9-10-12(14(17)18-8-2)11(3)13(16)19-15(4,5)6/h11-12H,7-10H2,1-6H3. The smallest absolute Gasteiger partial charge is 0.310 e. The third-order valence-corrected chi connectivity index (χ3v) is 2.84. The lowest BCUT2D eigenvalue weighted by atomic mass is 9.89. The van der Waals surface area contributed by atoms with E-state index in [0.29, 0.717) is 13.0 Å². The van der Waals surface area contributed by atoms with Crippen LogP contribution in [0.5, 0.6) is 0 Å². The van der Waals surface area contributed by atoms with Crippen LogP contribution in [0, 0.1) is 11.8 Å². The number of hydrogen-bond donors (Lipinski definition) is 0. The van der Waals surface area contributed by atoms with Gasteiger partial charge in [-0.1, -0.05) is 26.7 Å². The molecule has 19 heavy (non-hydrogen) atoms. The highest BCUT2D eigenvalue weighted by molar-refractivity contribution is 5.82. The SMILES string of the molecule is CCCCC(C(=O)OCC)C(C)C(=O)OC(C)(C)C. The summed E-state index contributed by atoms with van der Waals surface area (Å²) < 4.78 is 10.4. The maximum absolute atomic E-state index is 12.0. The van der Waals surface area contributed by atoms with Gasteiger partial charge < -0.3 is 9.47 Å². The Kier molecular flexibility index (Phi) is 7.72. The third kappa shape index (κ3) is 7.19. The number of carbonyl (C=O) groups is 2. The minimum Gasteiger partial charge on any atom is -0.466 e. The zero-order chi connectivity index (χ0) is 15.1. The van der Waals surface area contributed by atoms with E-state index >= 15 is 0 Å². The minimum absolute atomic E-state index is 0.297. The largest absolute Gasteiger partial charge is 0.466 e. The molecule has 0 aliphatic carbocycles. The van der Waals surface area contributed by atoms with Crippen molar-refractivity contribution in [1.29, 1.82) is 0 Å². The molecule has 0 aromatic heterocycles. The number of unbranched alkanes of at least 4 members (excludes halogenated alkanes) is 1. The molecule has 0 aliphatic rings. The Morgan fingerprint density at radius 1 is 1.11 bits per heavy atom. The van der Waals surface area contributed by atoms with Crippen LogP contribution >= 0.6 is 0 Å². The molecule has 0 aliphatic heterocycles. The van der Waals surface area contributed by atoms with Gasteiger partial charge in [-0.3, -0.25) is 9.59 Å². The van der Waals surface area contributed by atoms with Gasteiger partial charge in [0, 0.05) is 0 Å². The van der Waals surface area contributed by atoms with E-state index in [9.17, 15) is 9.59 Å². The highest BCUT2D eigenvalue weighted by atomic mass is 16.6. The fraction of sp³-hybridized carbons (Fsp3) is 0.867. The molecule has 0 saturated carbocycles. The molecule has 0 N–H and O–H groups in total. The lowest BCUT2D eigenvalue weighted by molar-refractivity contribution is -0.167. The Morgan fingerprint density at radius 3 is 2.11 bits per heavy atom. The van der Waals surface area contributed by atoms with Crippen LogP contribution < -0.4 is 0 Å². The van der Waals surface area contributed by atoms with Gasteiger partial charge in [0.25, 0.3) is 0 Å². The predicted octanol–water partition coefficient (Wildman–Crippen LogP) is 3.33. The molecule has 0 amide bonds. The van der Waals surface area contributed by atoms with Crippen LogP contribution in [0.25, 0.3) is 0 Å². The van der Waals surface area contributed by atoms with Crippen molar-refractivity contribution in [2.45, 2.75) is 66.4 Å². The molecule has 0 radical (unpaired) electrons. The lowest BCUT2D eigenvalue weighted by Gasteiger charge is -2.26. The summed E-state index contributed by atoms with van der Waals surface area (Å²) >= 11 is 0. The Bertz CT molecular complexity index is 291. The second-order valence-electron chi connectivity index (χ2n) is 5.82. The molecule has 0 rings (SSSR count). The molecule has 0 aromatic carbocycles. The van der Waals surface area contributed by atoms with Crippen molar-refractivity contribution in [1.82, 2.24) is 0 Å². The van der Waals surface area contributed by atoms with E-state index in [0.717, 1.165) is 12.8 Å². The average molecular weight is 272 g/mol. The molecule has 2 atom stereocenters. The molecule has 4 heteroatoms. The summed E-state index contributed by atoms with van der Waals surface area (Å²) in [4.78, 5) is 24.0. The van der Waals surface area contributed by atoms with Gasteiger partial charge in [-0.05, 0) is 34.1 Å². The van der Waals surface area contributed by atoms with Crippen molar-refractivity contribution < 1.29 is 19.1 Å². The van der Waals surface area contributed by atoms with Gasteiger partial charge in [-0.15, -0.1) is 0 Å². The quantitative estimate of drug-likeness (QED) is 0.667. The Hall–Kier alpha value is -1.06. The molecule has 0 saturated heterocycles. The van der Waals surface area contributed by atoms with Crippen molar-refractivity contribution in [3.05, 3.63) is 0 Å². The van der Waals surface area contributed by atoms with Gasteiger partial charge in [0.05, 0.1) is 18.4 Å². The first-order chi connectivity index (χ1) is 8.72. The summed E-state index contributed by atoms with van der Waals surface area (Å²) in [5.74, 6) is -1.50. The summed E-state index contributed by atoms with van der Waals surface area (Å²) in [7, 11) is 0. The second-order valence-corrected chi connectivity index (χ2v) is 5.82. The van der Waals surface area contributed by atoms with Crippen LogP contribution in [0.15, 0.2) is 0 Å². The van der Waals surface area contributed by atoms with E-state index in [4.69, 9.17) is 9.47 Å². The summed E-state index contributed by atoms with van der Waals surface area (Å²) in [6, 6.07) is 0. The van der Waals surface area contributed by atoms with Crippen molar-refractivity contribution in [2.24, 2.45) is 11.8 Å². The van der Waals surface area contributed by atoms with Crippen LogP contribution in [0.3, 0.4) is 0 Å². The molecule has 2 unspecified atom stereocenters. The molecule has 112 valence electrons. The molecule has 0 fully saturated rings. The first kappa shape index (κ1) is 17.9. The minimum atomic E-state index is -0.532. The fourth-order valence-electron chi connectivity index (χ4n) is 1.80.